The highest BCUT2D eigenvalue weighted by Crippen LogP contribution is 2.40. The third kappa shape index (κ3) is 3.73. The van der Waals surface area contributed by atoms with Crippen LogP contribution in [0, 0.1) is 12.3 Å². The van der Waals surface area contributed by atoms with Crippen molar-refractivity contribution in [2.75, 3.05) is 26.2 Å². The Balaban J connectivity index is 1.24. The van der Waals surface area contributed by atoms with Gasteiger partial charge in [-0.15, -0.1) is 0 Å². The number of H-pyrrole nitrogens is 1. The number of ether oxygens (including phenoxy) is 1. The maximum absolute atomic E-state index is 12.7. The molecule has 2 saturated heterocycles. The molecule has 3 heterocycles. The Labute approximate surface area is 176 Å². The van der Waals surface area contributed by atoms with Crippen molar-refractivity contribution in [3.05, 3.63) is 53.9 Å². The minimum atomic E-state index is -0.0403. The Bertz CT molecular complexity index is 1070. The number of amides is 1. The van der Waals surface area contributed by atoms with Gasteiger partial charge in [0.2, 0.25) is 0 Å². The summed E-state index contributed by atoms with van der Waals surface area (Å²) in [6, 6.07) is 12.1. The average Bonchev–Trinajstić information content (AvgIpc) is 3.38. The number of rotatable bonds is 4. The Hall–Kier alpha value is -2.70. The van der Waals surface area contributed by atoms with Gasteiger partial charge in [0.05, 0.1) is 18.9 Å². The van der Waals surface area contributed by atoms with Crippen LogP contribution in [0.4, 0.5) is 0 Å². The van der Waals surface area contributed by atoms with Crippen LogP contribution >= 0.6 is 0 Å². The van der Waals surface area contributed by atoms with E-state index in [2.05, 4.69) is 39.0 Å². The molecule has 1 unspecified atom stereocenters. The van der Waals surface area contributed by atoms with Crippen molar-refractivity contribution in [3.8, 4) is 11.1 Å². The van der Waals surface area contributed by atoms with E-state index >= 15 is 0 Å². The highest BCUT2D eigenvalue weighted by Gasteiger charge is 2.40. The maximum atomic E-state index is 12.7. The first-order valence-electron chi connectivity index (χ1n) is 10.8. The number of hydrogen-bond donors (Lipinski definition) is 3. The molecule has 2 aliphatic heterocycles. The number of hydrogen-bond acceptors (Lipinski definition) is 4. The van der Waals surface area contributed by atoms with Gasteiger partial charge in [-0.3, -0.25) is 9.89 Å². The number of aromatic amines is 1. The summed E-state index contributed by atoms with van der Waals surface area (Å²) in [5, 5.41) is 15.7. The fourth-order valence-corrected chi connectivity index (χ4v) is 4.84. The summed E-state index contributed by atoms with van der Waals surface area (Å²) >= 11 is 0. The van der Waals surface area contributed by atoms with Gasteiger partial charge in [-0.25, -0.2) is 0 Å². The molecule has 3 N–H and O–H groups in total. The first kappa shape index (κ1) is 19.3. The number of benzene rings is 2. The smallest absolute Gasteiger partial charge is 0.251 e. The molecule has 2 aromatic carbocycles. The molecular weight excluding hydrogens is 376 g/mol. The molecule has 6 nitrogen and oxygen atoms in total. The first-order valence-corrected chi connectivity index (χ1v) is 10.8. The molecule has 30 heavy (non-hydrogen) atoms. The van der Waals surface area contributed by atoms with E-state index in [1.54, 1.807) is 0 Å². The monoisotopic (exact) mass is 404 g/mol. The van der Waals surface area contributed by atoms with Crippen molar-refractivity contribution in [2.24, 2.45) is 5.41 Å². The Morgan fingerprint density at radius 3 is 2.80 bits per heavy atom. The van der Waals surface area contributed by atoms with E-state index in [1.165, 1.54) is 12.8 Å². The fourth-order valence-electron chi connectivity index (χ4n) is 4.84. The van der Waals surface area contributed by atoms with Gasteiger partial charge in [0.25, 0.3) is 5.91 Å². The van der Waals surface area contributed by atoms with Crippen molar-refractivity contribution in [2.45, 2.75) is 32.3 Å². The molecule has 0 saturated carbocycles. The molecule has 5 rings (SSSR count). The fraction of sp³-hybridized carbons (Fsp3) is 0.417. The summed E-state index contributed by atoms with van der Waals surface area (Å²) in [6.07, 6.45) is 5.35. The van der Waals surface area contributed by atoms with E-state index in [0.29, 0.717) is 17.5 Å². The van der Waals surface area contributed by atoms with Crippen molar-refractivity contribution >= 4 is 16.7 Å². The predicted octanol–water partition coefficient (Wildman–Crippen LogP) is 3.43. The molecule has 1 spiro atoms. The molecule has 0 radical (unpaired) electrons. The summed E-state index contributed by atoms with van der Waals surface area (Å²) in [4.78, 5) is 12.7. The van der Waals surface area contributed by atoms with Crippen LogP contribution in [-0.2, 0) is 4.74 Å². The van der Waals surface area contributed by atoms with Crippen molar-refractivity contribution in [1.82, 2.24) is 20.8 Å². The lowest BCUT2D eigenvalue weighted by Gasteiger charge is -2.32. The molecule has 2 aliphatic rings. The van der Waals surface area contributed by atoms with Crippen molar-refractivity contribution in [1.29, 1.82) is 0 Å². The Morgan fingerprint density at radius 2 is 2.00 bits per heavy atom. The summed E-state index contributed by atoms with van der Waals surface area (Å²) in [6.45, 7) is 5.55. The topological polar surface area (TPSA) is 79.0 Å². The van der Waals surface area contributed by atoms with Crippen LogP contribution in [0.15, 0.2) is 42.6 Å². The van der Waals surface area contributed by atoms with E-state index < -0.39 is 0 Å². The maximum Gasteiger partial charge on any atom is 0.251 e. The molecule has 2 fully saturated rings. The minimum Gasteiger partial charge on any atom is -0.376 e. The van der Waals surface area contributed by atoms with Gasteiger partial charge in [0.1, 0.15) is 0 Å². The van der Waals surface area contributed by atoms with Crippen molar-refractivity contribution in [3.63, 3.8) is 0 Å². The van der Waals surface area contributed by atoms with Gasteiger partial charge >= 0.3 is 0 Å². The van der Waals surface area contributed by atoms with Crippen LogP contribution in [0.3, 0.4) is 0 Å². The quantitative estimate of drug-likeness (QED) is 0.623. The highest BCUT2D eigenvalue weighted by atomic mass is 16.5. The van der Waals surface area contributed by atoms with Crippen LogP contribution in [0.5, 0.6) is 0 Å². The number of aryl methyl sites for hydroxylation is 1. The summed E-state index contributed by atoms with van der Waals surface area (Å²) in [5.74, 6) is -0.0403. The number of carbonyl (C=O) groups excluding carboxylic acids is 1. The largest absolute Gasteiger partial charge is 0.376 e. The second-order valence-electron chi connectivity index (χ2n) is 8.78. The number of fused-ring (bicyclic) bond motifs is 1. The Kier molecular flexibility index (Phi) is 5.05. The van der Waals surface area contributed by atoms with Gasteiger partial charge in [-0.05, 0) is 79.2 Å². The zero-order valence-corrected chi connectivity index (χ0v) is 17.3. The van der Waals surface area contributed by atoms with Crippen molar-refractivity contribution < 1.29 is 9.53 Å². The van der Waals surface area contributed by atoms with Crippen LogP contribution in [0.2, 0.25) is 0 Å². The van der Waals surface area contributed by atoms with E-state index in [9.17, 15) is 4.79 Å². The molecule has 1 aromatic heterocycles. The minimum absolute atomic E-state index is 0.0403. The molecule has 0 bridgehead atoms. The SMILES string of the molecule is Cc1[nH]ncc1-c1ccc2cc(C(=O)NCC3CC4(CCNCC4)CO3)ccc2c1. The number of nitrogens with one attached hydrogen (secondary N) is 3. The summed E-state index contributed by atoms with van der Waals surface area (Å²) in [5.41, 5.74) is 4.27. The number of nitrogens with zero attached hydrogens (tertiary/aromatic N) is 1. The molecular formula is C24H28N4O2. The predicted molar refractivity (Wildman–Crippen MR) is 117 cm³/mol. The molecule has 3 aromatic rings. The van der Waals surface area contributed by atoms with Gasteiger partial charge in [0, 0.05) is 23.4 Å². The van der Waals surface area contributed by atoms with Crippen LogP contribution in [0.25, 0.3) is 21.9 Å². The molecule has 1 amide bonds. The lowest BCUT2D eigenvalue weighted by molar-refractivity contribution is 0.0781. The second-order valence-corrected chi connectivity index (χ2v) is 8.78. The number of aromatic nitrogens is 2. The number of carbonyl (C=O) groups is 1. The van der Waals surface area contributed by atoms with Crippen LogP contribution in [0.1, 0.15) is 35.3 Å². The lowest BCUT2D eigenvalue weighted by atomic mass is 9.77. The summed E-state index contributed by atoms with van der Waals surface area (Å²) in [7, 11) is 0. The van der Waals surface area contributed by atoms with Gasteiger partial charge in [-0.1, -0.05) is 18.2 Å². The van der Waals surface area contributed by atoms with Gasteiger partial charge < -0.3 is 15.4 Å². The van der Waals surface area contributed by atoms with Crippen LogP contribution in [-0.4, -0.2) is 48.4 Å². The molecule has 6 heteroatoms. The third-order valence-corrected chi connectivity index (χ3v) is 6.68. The second kappa shape index (κ2) is 7.85. The standard InChI is InChI=1S/C24H28N4O2/c1-16-22(14-27-28-16)19-4-2-18-11-20(5-3-17(18)10-19)23(29)26-13-21-12-24(15-30-21)6-8-25-9-7-24/h2-5,10-11,14,21,25H,6-9,12-13,15H2,1H3,(H,26,29)(H,27,28). The van der Waals surface area contributed by atoms with Gasteiger partial charge in [0.15, 0.2) is 0 Å². The zero-order valence-electron chi connectivity index (χ0n) is 17.3. The van der Waals surface area contributed by atoms with E-state index in [0.717, 1.165) is 53.7 Å². The molecule has 1 atom stereocenters. The first-order chi connectivity index (χ1) is 14.6. The van der Waals surface area contributed by atoms with Gasteiger partial charge in [-0.2, -0.15) is 5.10 Å². The normalized spacial score (nSPS) is 20.6. The Morgan fingerprint density at radius 1 is 1.20 bits per heavy atom. The summed E-state index contributed by atoms with van der Waals surface area (Å²) < 4.78 is 6.01. The van der Waals surface area contributed by atoms with E-state index in [-0.39, 0.29) is 12.0 Å². The highest BCUT2D eigenvalue weighted by molar-refractivity contribution is 5.99. The van der Waals surface area contributed by atoms with Crippen LogP contribution < -0.4 is 10.6 Å². The van der Waals surface area contributed by atoms with E-state index in [1.807, 2.05) is 31.3 Å². The number of piperidine rings is 1. The lowest BCUT2D eigenvalue weighted by Crippen LogP contribution is -2.38. The zero-order chi connectivity index (χ0) is 20.6. The third-order valence-electron chi connectivity index (χ3n) is 6.68. The molecule has 0 aliphatic carbocycles. The van der Waals surface area contributed by atoms with E-state index in [4.69, 9.17) is 4.74 Å². The average molecular weight is 405 g/mol. The molecule has 156 valence electrons.